The first-order valence-electron chi connectivity index (χ1n) is 6.41. The van der Waals surface area contributed by atoms with Gasteiger partial charge in [0.25, 0.3) is 0 Å². The van der Waals surface area contributed by atoms with Gasteiger partial charge in [0.2, 0.25) is 0 Å². The van der Waals surface area contributed by atoms with Gasteiger partial charge in [-0.2, -0.15) is 5.10 Å². The van der Waals surface area contributed by atoms with Crippen LogP contribution in [0.2, 0.25) is 0 Å². The lowest BCUT2D eigenvalue weighted by Gasteiger charge is -2.31. The maximum atomic E-state index is 9.06. The molecule has 3 rings (SSSR count). The Morgan fingerprint density at radius 1 is 1.21 bits per heavy atom. The minimum absolute atomic E-state index is 0.769. The minimum Gasteiger partial charge on any atom is -0.411 e. The van der Waals surface area contributed by atoms with Crippen LogP contribution in [0.4, 0.5) is 5.69 Å². The fourth-order valence-electron chi connectivity index (χ4n) is 2.48. The van der Waals surface area contributed by atoms with Crippen LogP contribution in [0.5, 0.6) is 0 Å². The van der Waals surface area contributed by atoms with Crippen molar-refractivity contribution in [3.05, 3.63) is 48.3 Å². The van der Waals surface area contributed by atoms with Gasteiger partial charge in [-0.15, -0.1) is 0 Å². The molecule has 2 aromatic rings. The zero-order valence-electron chi connectivity index (χ0n) is 10.6. The second kappa shape index (κ2) is 5.14. The van der Waals surface area contributed by atoms with E-state index in [1.807, 2.05) is 35.1 Å². The van der Waals surface area contributed by atoms with E-state index in [9.17, 15) is 0 Å². The van der Waals surface area contributed by atoms with E-state index in [1.165, 1.54) is 0 Å². The quantitative estimate of drug-likeness (QED) is 0.674. The van der Waals surface area contributed by atoms with Gasteiger partial charge in [-0.3, -0.25) is 4.68 Å². The molecular formula is C14H16N4O. The van der Waals surface area contributed by atoms with Crippen LogP contribution in [0, 0.1) is 0 Å². The largest absolute Gasteiger partial charge is 0.411 e. The molecule has 0 spiro atoms. The molecule has 0 bridgehead atoms. The Morgan fingerprint density at radius 2 is 2.11 bits per heavy atom. The Kier molecular flexibility index (Phi) is 3.18. The van der Waals surface area contributed by atoms with Gasteiger partial charge in [0.1, 0.15) is 0 Å². The van der Waals surface area contributed by atoms with Gasteiger partial charge in [0.05, 0.1) is 12.3 Å². The average molecular weight is 256 g/mol. The Hall–Kier alpha value is -2.30. The highest BCUT2D eigenvalue weighted by Crippen LogP contribution is 2.26. The van der Waals surface area contributed by atoms with Crippen LogP contribution in [0.3, 0.4) is 0 Å². The lowest BCUT2D eigenvalue weighted by atomic mass is 10.00. The predicted molar refractivity (Wildman–Crippen MR) is 73.8 cm³/mol. The Labute approximate surface area is 111 Å². The standard InChI is InChI=1S/C14H16N4O/c19-16-13-6-9-17(10-11-18-8-3-7-15-18)14-5-2-1-4-12(13)14/h1-5,7-8,19H,6,9-11H2. The highest BCUT2D eigenvalue weighted by molar-refractivity contribution is 6.06. The van der Waals surface area contributed by atoms with Crippen molar-refractivity contribution in [2.24, 2.45) is 5.16 Å². The van der Waals surface area contributed by atoms with Gasteiger partial charge in [-0.25, -0.2) is 0 Å². The average Bonchev–Trinajstić information content (AvgIpc) is 2.98. The molecule has 1 aromatic carbocycles. The summed E-state index contributed by atoms with van der Waals surface area (Å²) in [7, 11) is 0. The molecule has 1 aliphatic rings. The molecule has 0 saturated carbocycles. The molecule has 2 heterocycles. The molecule has 19 heavy (non-hydrogen) atoms. The molecule has 0 fully saturated rings. The summed E-state index contributed by atoms with van der Waals surface area (Å²) in [6, 6.07) is 10.00. The maximum Gasteiger partial charge on any atom is 0.0906 e. The Morgan fingerprint density at radius 3 is 2.89 bits per heavy atom. The van der Waals surface area contributed by atoms with Crippen molar-refractivity contribution in [1.29, 1.82) is 0 Å². The van der Waals surface area contributed by atoms with Gasteiger partial charge in [0.15, 0.2) is 0 Å². The van der Waals surface area contributed by atoms with Crippen LogP contribution < -0.4 is 4.90 Å². The van der Waals surface area contributed by atoms with E-state index in [0.717, 1.165) is 43.0 Å². The van der Waals surface area contributed by atoms with Crippen LogP contribution in [-0.2, 0) is 6.54 Å². The Balaban J connectivity index is 1.80. The summed E-state index contributed by atoms with van der Waals surface area (Å²) in [6.45, 7) is 2.63. The SMILES string of the molecule is ON=C1CCN(CCn2cccn2)c2ccccc21. The van der Waals surface area contributed by atoms with Crippen LogP contribution in [0.1, 0.15) is 12.0 Å². The molecule has 0 aliphatic carbocycles. The van der Waals surface area contributed by atoms with Crippen molar-refractivity contribution < 1.29 is 5.21 Å². The van der Waals surface area contributed by atoms with Gasteiger partial charge < -0.3 is 10.1 Å². The van der Waals surface area contributed by atoms with Crippen molar-refractivity contribution in [1.82, 2.24) is 9.78 Å². The van der Waals surface area contributed by atoms with E-state index in [2.05, 4.69) is 21.2 Å². The summed E-state index contributed by atoms with van der Waals surface area (Å²) >= 11 is 0. The molecule has 5 heteroatoms. The molecule has 1 N–H and O–H groups in total. The number of para-hydroxylation sites is 1. The third-order valence-corrected chi connectivity index (χ3v) is 3.45. The summed E-state index contributed by atoms with van der Waals surface area (Å²) in [5.74, 6) is 0. The number of rotatable bonds is 3. The van der Waals surface area contributed by atoms with Crippen molar-refractivity contribution in [2.75, 3.05) is 18.0 Å². The van der Waals surface area contributed by atoms with Crippen molar-refractivity contribution in [3.8, 4) is 0 Å². The van der Waals surface area contributed by atoms with E-state index >= 15 is 0 Å². The fraction of sp³-hybridized carbons (Fsp3) is 0.286. The first-order valence-corrected chi connectivity index (χ1v) is 6.41. The summed E-state index contributed by atoms with van der Waals surface area (Å²) < 4.78 is 1.93. The second-order valence-electron chi connectivity index (χ2n) is 4.57. The molecular weight excluding hydrogens is 240 g/mol. The van der Waals surface area contributed by atoms with Crippen molar-refractivity contribution in [3.63, 3.8) is 0 Å². The zero-order chi connectivity index (χ0) is 13.1. The molecule has 0 saturated heterocycles. The molecule has 1 aromatic heterocycles. The highest BCUT2D eigenvalue weighted by Gasteiger charge is 2.21. The normalized spacial score (nSPS) is 16.6. The summed E-state index contributed by atoms with van der Waals surface area (Å²) in [6.07, 6.45) is 4.53. The molecule has 98 valence electrons. The van der Waals surface area contributed by atoms with Gasteiger partial charge in [-0.1, -0.05) is 23.4 Å². The fourth-order valence-corrected chi connectivity index (χ4v) is 2.48. The van der Waals surface area contributed by atoms with Gasteiger partial charge in [-0.05, 0) is 12.1 Å². The van der Waals surface area contributed by atoms with E-state index in [4.69, 9.17) is 5.21 Å². The van der Waals surface area contributed by atoms with E-state index in [0.29, 0.717) is 0 Å². The second-order valence-corrected chi connectivity index (χ2v) is 4.57. The molecule has 1 aliphatic heterocycles. The number of hydrogen-bond donors (Lipinski definition) is 1. The maximum absolute atomic E-state index is 9.06. The van der Waals surface area contributed by atoms with Gasteiger partial charge in [0, 0.05) is 43.2 Å². The van der Waals surface area contributed by atoms with E-state index in [-0.39, 0.29) is 0 Å². The zero-order valence-corrected chi connectivity index (χ0v) is 10.6. The van der Waals surface area contributed by atoms with Crippen LogP contribution in [0.25, 0.3) is 0 Å². The summed E-state index contributed by atoms with van der Waals surface area (Å²) in [5.41, 5.74) is 2.93. The lowest BCUT2D eigenvalue weighted by Crippen LogP contribution is -2.34. The third-order valence-electron chi connectivity index (χ3n) is 3.45. The topological polar surface area (TPSA) is 53.7 Å². The van der Waals surface area contributed by atoms with Crippen LogP contribution >= 0.6 is 0 Å². The van der Waals surface area contributed by atoms with Gasteiger partial charge >= 0.3 is 0 Å². The third kappa shape index (κ3) is 2.31. The number of oxime groups is 1. The molecule has 0 unspecified atom stereocenters. The van der Waals surface area contributed by atoms with Crippen LogP contribution in [-0.4, -0.2) is 33.8 Å². The first-order chi connectivity index (χ1) is 9.38. The summed E-state index contributed by atoms with van der Waals surface area (Å²) in [5, 5.41) is 16.7. The number of anilines is 1. The first kappa shape index (κ1) is 11.8. The number of nitrogens with zero attached hydrogens (tertiary/aromatic N) is 4. The van der Waals surface area contributed by atoms with Crippen molar-refractivity contribution in [2.45, 2.75) is 13.0 Å². The van der Waals surface area contributed by atoms with E-state index in [1.54, 1.807) is 6.20 Å². The number of hydrogen-bond acceptors (Lipinski definition) is 4. The number of aromatic nitrogens is 2. The summed E-state index contributed by atoms with van der Waals surface area (Å²) in [4.78, 5) is 2.31. The highest BCUT2D eigenvalue weighted by atomic mass is 16.4. The number of benzene rings is 1. The van der Waals surface area contributed by atoms with Crippen molar-refractivity contribution >= 4 is 11.4 Å². The molecule has 0 atom stereocenters. The lowest BCUT2D eigenvalue weighted by molar-refractivity contribution is 0.317. The van der Waals surface area contributed by atoms with E-state index < -0.39 is 0 Å². The number of fused-ring (bicyclic) bond motifs is 1. The molecule has 0 radical (unpaired) electrons. The molecule has 5 nitrogen and oxygen atoms in total. The molecule has 0 amide bonds. The smallest absolute Gasteiger partial charge is 0.0906 e. The van der Waals surface area contributed by atoms with Crippen LogP contribution in [0.15, 0.2) is 47.9 Å². The minimum atomic E-state index is 0.769. The Bertz CT molecular complexity index is 577. The monoisotopic (exact) mass is 256 g/mol. The predicted octanol–water partition coefficient (Wildman–Crippen LogP) is 1.97.